The molecular formula is C23H27ClF2N2O4. The highest BCUT2D eigenvalue weighted by Gasteiger charge is 2.35. The van der Waals surface area contributed by atoms with E-state index in [1.165, 1.54) is 12.1 Å². The van der Waals surface area contributed by atoms with Crippen molar-refractivity contribution in [3.63, 3.8) is 0 Å². The number of aromatic amines is 1. The molecule has 9 heteroatoms. The Kier molecular flexibility index (Phi) is 7.44. The first-order chi connectivity index (χ1) is 15.0. The molecule has 0 radical (unpaired) electrons. The van der Waals surface area contributed by atoms with Crippen molar-refractivity contribution in [1.82, 2.24) is 10.3 Å². The number of H-pyrrole nitrogens is 1. The largest absolute Gasteiger partial charge is 0.487 e. The summed E-state index contributed by atoms with van der Waals surface area (Å²) < 4.78 is 35.7. The van der Waals surface area contributed by atoms with Crippen LogP contribution in [0.3, 0.4) is 0 Å². The van der Waals surface area contributed by atoms with Crippen molar-refractivity contribution >= 4 is 34.4 Å². The lowest BCUT2D eigenvalue weighted by Gasteiger charge is -2.26. The number of amides is 1. The molecule has 3 rings (SSSR count). The van der Waals surface area contributed by atoms with E-state index in [0.29, 0.717) is 31.2 Å². The van der Waals surface area contributed by atoms with Gasteiger partial charge in [0.1, 0.15) is 5.75 Å². The number of hydrogen-bond acceptors (Lipinski definition) is 4. The monoisotopic (exact) mass is 468 g/mol. The Morgan fingerprint density at radius 2 is 1.94 bits per heavy atom. The number of aryl methyl sites for hydroxylation is 1. The Labute approximate surface area is 190 Å². The van der Waals surface area contributed by atoms with Gasteiger partial charge in [-0.25, -0.2) is 0 Å². The average Bonchev–Trinajstić information content (AvgIpc) is 3.01. The van der Waals surface area contributed by atoms with E-state index in [-0.39, 0.29) is 23.7 Å². The second-order valence-electron chi connectivity index (χ2n) is 8.17. The molecule has 6 nitrogen and oxygen atoms in total. The maximum atomic E-state index is 13.0. The number of hydrogen-bond donors (Lipinski definition) is 2. The van der Waals surface area contributed by atoms with Crippen LogP contribution >= 0.6 is 11.6 Å². The van der Waals surface area contributed by atoms with Gasteiger partial charge in [-0.05, 0) is 63.8 Å². The second-order valence-corrected chi connectivity index (χ2v) is 8.61. The lowest BCUT2D eigenvalue weighted by molar-refractivity contribution is -0.156. The standard InChI is InChI=1S/C23H27ClF2N2O4/c1-13(2)31-22(30)18-7-5-4-6-17(18)21(29)27-11-10-16-14(3)28-20-9-8-15(12-19(16)20)32-23(24,25)26/h4-5,8-9,12-13,17-18,28H,6-7,10-11H2,1-3H3,(H,27,29)/t17-,18-/m1/s1. The van der Waals surface area contributed by atoms with Crippen LogP contribution < -0.4 is 10.1 Å². The van der Waals surface area contributed by atoms with E-state index in [4.69, 9.17) is 16.3 Å². The maximum absolute atomic E-state index is 13.0. The molecule has 0 unspecified atom stereocenters. The lowest BCUT2D eigenvalue weighted by Crippen LogP contribution is -2.40. The number of ether oxygens (including phenoxy) is 2. The third-order valence-corrected chi connectivity index (χ3v) is 5.50. The van der Waals surface area contributed by atoms with Crippen molar-refractivity contribution in [2.24, 2.45) is 11.8 Å². The highest BCUT2D eigenvalue weighted by Crippen LogP contribution is 2.31. The van der Waals surface area contributed by atoms with Crippen molar-refractivity contribution < 1.29 is 27.8 Å². The van der Waals surface area contributed by atoms with Gasteiger partial charge < -0.3 is 19.8 Å². The number of rotatable bonds is 8. The molecule has 2 aromatic rings. The summed E-state index contributed by atoms with van der Waals surface area (Å²) in [5.41, 5.74) is -1.29. The first-order valence-electron chi connectivity index (χ1n) is 10.6. The van der Waals surface area contributed by atoms with Gasteiger partial charge in [-0.2, -0.15) is 0 Å². The van der Waals surface area contributed by atoms with E-state index in [9.17, 15) is 18.4 Å². The van der Waals surface area contributed by atoms with Gasteiger partial charge in [0.25, 0.3) is 0 Å². The number of carbonyl (C=O) groups excluding carboxylic acids is 2. The summed E-state index contributed by atoms with van der Waals surface area (Å²) >= 11 is 4.87. The van der Waals surface area contributed by atoms with Gasteiger partial charge in [0.05, 0.1) is 17.9 Å². The fraction of sp³-hybridized carbons (Fsp3) is 0.478. The van der Waals surface area contributed by atoms with E-state index in [1.54, 1.807) is 19.9 Å². The molecular weight excluding hydrogens is 442 g/mol. The van der Waals surface area contributed by atoms with Gasteiger partial charge in [0.15, 0.2) is 0 Å². The summed E-state index contributed by atoms with van der Waals surface area (Å²) in [7, 11) is 0. The number of carbonyl (C=O) groups is 2. The minimum Gasteiger partial charge on any atom is -0.463 e. The van der Waals surface area contributed by atoms with Crippen LogP contribution in [0.5, 0.6) is 5.75 Å². The average molecular weight is 469 g/mol. The summed E-state index contributed by atoms with van der Waals surface area (Å²) in [6.45, 7) is 5.76. The minimum atomic E-state index is -3.80. The first kappa shape index (κ1) is 24.0. The summed E-state index contributed by atoms with van der Waals surface area (Å²) in [4.78, 5) is 28.4. The molecule has 1 aromatic carbocycles. The maximum Gasteiger partial charge on any atom is 0.487 e. The zero-order valence-corrected chi connectivity index (χ0v) is 19.0. The summed E-state index contributed by atoms with van der Waals surface area (Å²) in [5.74, 6) is -1.61. The molecule has 0 spiro atoms. The predicted octanol–water partition coefficient (Wildman–Crippen LogP) is 4.84. The summed E-state index contributed by atoms with van der Waals surface area (Å²) in [5, 5.41) is 3.62. The molecule has 0 saturated carbocycles. The second kappa shape index (κ2) is 9.90. The number of allylic oxidation sites excluding steroid dienone is 2. The Bertz CT molecular complexity index is 1010. The lowest BCUT2D eigenvalue weighted by atomic mass is 9.82. The predicted molar refractivity (Wildman–Crippen MR) is 118 cm³/mol. The molecule has 1 aliphatic rings. The highest BCUT2D eigenvalue weighted by molar-refractivity contribution is 6.20. The molecule has 1 heterocycles. The van der Waals surface area contributed by atoms with Crippen LogP contribution in [0.2, 0.25) is 0 Å². The zero-order valence-electron chi connectivity index (χ0n) is 18.2. The Balaban J connectivity index is 1.67. The number of alkyl halides is 3. The SMILES string of the molecule is Cc1[nH]c2ccc(OC(F)(F)Cl)cc2c1CCNC(=O)[C@@H]1CC=CC[C@H]1C(=O)OC(C)C. The van der Waals surface area contributed by atoms with Gasteiger partial charge in [-0.3, -0.25) is 9.59 Å². The van der Waals surface area contributed by atoms with Crippen molar-refractivity contribution in [1.29, 1.82) is 0 Å². The van der Waals surface area contributed by atoms with Gasteiger partial charge in [0, 0.05) is 34.7 Å². The van der Waals surface area contributed by atoms with Crippen molar-refractivity contribution in [3.05, 3.63) is 41.6 Å². The smallest absolute Gasteiger partial charge is 0.463 e. The van der Waals surface area contributed by atoms with Crippen LogP contribution in [0.15, 0.2) is 30.4 Å². The Hall–Kier alpha value is -2.61. The number of benzene rings is 1. The fourth-order valence-electron chi connectivity index (χ4n) is 4.01. The molecule has 32 heavy (non-hydrogen) atoms. The number of fused-ring (bicyclic) bond motifs is 1. The molecule has 1 aliphatic carbocycles. The molecule has 0 fully saturated rings. The molecule has 0 saturated heterocycles. The van der Waals surface area contributed by atoms with Gasteiger partial charge in [-0.1, -0.05) is 12.2 Å². The van der Waals surface area contributed by atoms with E-state index in [2.05, 4.69) is 15.0 Å². The van der Waals surface area contributed by atoms with Crippen LogP contribution in [-0.4, -0.2) is 35.1 Å². The third kappa shape index (κ3) is 6.00. The fourth-order valence-corrected chi connectivity index (χ4v) is 4.10. The first-order valence-corrected chi connectivity index (χ1v) is 10.9. The van der Waals surface area contributed by atoms with Gasteiger partial charge in [0.2, 0.25) is 5.91 Å². The quantitative estimate of drug-likeness (QED) is 0.330. The van der Waals surface area contributed by atoms with E-state index in [1.807, 2.05) is 19.1 Å². The molecule has 1 amide bonds. The third-order valence-electron chi connectivity index (χ3n) is 5.42. The Morgan fingerprint density at radius 3 is 2.59 bits per heavy atom. The van der Waals surface area contributed by atoms with Crippen LogP contribution in [0.25, 0.3) is 10.9 Å². The number of nitrogens with one attached hydrogen (secondary N) is 2. The molecule has 2 N–H and O–H groups in total. The van der Waals surface area contributed by atoms with Crippen LogP contribution in [0.1, 0.15) is 37.9 Å². The molecule has 0 aliphatic heterocycles. The van der Waals surface area contributed by atoms with Crippen LogP contribution in [0, 0.1) is 18.8 Å². The summed E-state index contributed by atoms with van der Waals surface area (Å²) in [6.07, 6.45) is 4.98. The topological polar surface area (TPSA) is 80.4 Å². The molecule has 2 atom stereocenters. The van der Waals surface area contributed by atoms with E-state index < -0.39 is 17.4 Å². The van der Waals surface area contributed by atoms with Crippen molar-refractivity contribution in [2.75, 3.05) is 6.54 Å². The van der Waals surface area contributed by atoms with Crippen molar-refractivity contribution in [3.8, 4) is 5.75 Å². The molecule has 1 aromatic heterocycles. The van der Waals surface area contributed by atoms with Gasteiger partial charge in [-0.15, -0.1) is 8.78 Å². The van der Waals surface area contributed by atoms with Crippen LogP contribution in [0.4, 0.5) is 8.78 Å². The minimum absolute atomic E-state index is 0.0534. The Morgan fingerprint density at radius 1 is 1.25 bits per heavy atom. The van der Waals surface area contributed by atoms with E-state index >= 15 is 0 Å². The number of aromatic nitrogens is 1. The van der Waals surface area contributed by atoms with Gasteiger partial charge >= 0.3 is 11.5 Å². The van der Waals surface area contributed by atoms with Crippen LogP contribution in [-0.2, 0) is 20.7 Å². The summed E-state index contributed by atoms with van der Waals surface area (Å²) in [6, 6.07) is 4.55. The highest BCUT2D eigenvalue weighted by atomic mass is 35.5. The van der Waals surface area contributed by atoms with Crippen molar-refractivity contribution in [2.45, 2.75) is 51.7 Å². The molecule has 0 bridgehead atoms. The normalized spacial score (nSPS) is 18.7. The number of esters is 1. The molecule has 174 valence electrons. The van der Waals surface area contributed by atoms with E-state index in [0.717, 1.165) is 16.8 Å². The number of halogens is 3. The zero-order chi connectivity index (χ0) is 23.5.